The van der Waals surface area contributed by atoms with Gasteiger partial charge in [-0.05, 0) is 24.3 Å². The summed E-state index contributed by atoms with van der Waals surface area (Å²) in [6.07, 6.45) is -3.43. The second-order valence-corrected chi connectivity index (χ2v) is 7.55. The number of sulfone groups is 1. The monoisotopic (exact) mass is 376 g/mol. The van der Waals surface area contributed by atoms with Gasteiger partial charge in [-0.2, -0.15) is 0 Å². The minimum atomic E-state index is -4.78. The lowest BCUT2D eigenvalue weighted by atomic mass is 10.1. The standard InChI is InChI=1S/C15H15F3N2O4S/c1-3-25(22,23)9-13(21)14-19-8-12(20(14)2)10-4-6-11(7-5-10)24-15(16,17)18/h4-8H,3,9H2,1-2H3. The third kappa shape index (κ3) is 4.81. The first-order valence-corrected chi connectivity index (χ1v) is 8.96. The molecule has 2 aromatic rings. The first-order valence-electron chi connectivity index (χ1n) is 7.14. The predicted molar refractivity (Wildman–Crippen MR) is 84.0 cm³/mol. The molecule has 0 radical (unpaired) electrons. The molecule has 0 saturated carbocycles. The highest BCUT2D eigenvalue weighted by Gasteiger charge is 2.31. The van der Waals surface area contributed by atoms with Crippen molar-refractivity contribution in [2.24, 2.45) is 7.05 Å². The van der Waals surface area contributed by atoms with Crippen molar-refractivity contribution in [1.82, 2.24) is 9.55 Å². The number of rotatable bonds is 6. The maximum Gasteiger partial charge on any atom is 0.573 e. The molecule has 0 aliphatic carbocycles. The van der Waals surface area contributed by atoms with Gasteiger partial charge in [0.1, 0.15) is 11.5 Å². The highest BCUT2D eigenvalue weighted by molar-refractivity contribution is 7.92. The van der Waals surface area contributed by atoms with Crippen molar-refractivity contribution in [1.29, 1.82) is 0 Å². The molecule has 1 aromatic heterocycles. The molecule has 25 heavy (non-hydrogen) atoms. The Labute approximate surface area is 142 Å². The zero-order valence-electron chi connectivity index (χ0n) is 13.4. The van der Waals surface area contributed by atoms with Gasteiger partial charge in [0.25, 0.3) is 0 Å². The van der Waals surface area contributed by atoms with Gasteiger partial charge in [-0.3, -0.25) is 4.79 Å². The lowest BCUT2D eigenvalue weighted by Crippen LogP contribution is -2.20. The molecule has 0 spiro atoms. The van der Waals surface area contributed by atoms with Crippen molar-refractivity contribution in [2.75, 3.05) is 11.5 Å². The number of alkyl halides is 3. The van der Waals surface area contributed by atoms with E-state index in [4.69, 9.17) is 0 Å². The van der Waals surface area contributed by atoms with Gasteiger partial charge in [-0.15, -0.1) is 13.2 Å². The normalized spacial score (nSPS) is 12.2. The van der Waals surface area contributed by atoms with Crippen LogP contribution in [-0.4, -0.2) is 41.6 Å². The summed E-state index contributed by atoms with van der Waals surface area (Å²) < 4.78 is 64.8. The van der Waals surface area contributed by atoms with Crippen LogP contribution in [0.25, 0.3) is 11.3 Å². The van der Waals surface area contributed by atoms with E-state index in [1.165, 1.54) is 36.9 Å². The Bertz CT molecular complexity index is 871. The number of imidazole rings is 1. The summed E-state index contributed by atoms with van der Waals surface area (Å²) in [4.78, 5) is 16.0. The van der Waals surface area contributed by atoms with Crippen molar-refractivity contribution in [3.8, 4) is 17.0 Å². The van der Waals surface area contributed by atoms with Crippen LogP contribution in [0.3, 0.4) is 0 Å². The zero-order valence-corrected chi connectivity index (χ0v) is 14.2. The molecule has 0 aliphatic rings. The summed E-state index contributed by atoms with van der Waals surface area (Å²) in [5.41, 5.74) is 0.956. The van der Waals surface area contributed by atoms with Crippen LogP contribution in [0.15, 0.2) is 30.5 Å². The fraction of sp³-hybridized carbons (Fsp3) is 0.333. The molecule has 6 nitrogen and oxygen atoms in total. The number of hydrogen-bond donors (Lipinski definition) is 0. The van der Waals surface area contributed by atoms with Crippen LogP contribution < -0.4 is 4.74 Å². The number of ketones is 1. The fourth-order valence-electron chi connectivity index (χ4n) is 2.13. The minimum absolute atomic E-state index is 0.0392. The molecule has 0 saturated heterocycles. The molecule has 0 fully saturated rings. The number of aromatic nitrogens is 2. The Morgan fingerprint density at radius 1 is 1.24 bits per heavy atom. The van der Waals surface area contributed by atoms with Crippen molar-refractivity contribution < 1.29 is 31.1 Å². The van der Waals surface area contributed by atoms with Crippen molar-refractivity contribution in [3.63, 3.8) is 0 Å². The number of halogens is 3. The number of benzene rings is 1. The third-order valence-electron chi connectivity index (χ3n) is 3.41. The molecular weight excluding hydrogens is 361 g/mol. The molecule has 0 amide bonds. The zero-order chi connectivity index (χ0) is 18.8. The highest BCUT2D eigenvalue weighted by Crippen LogP contribution is 2.26. The fourth-order valence-corrected chi connectivity index (χ4v) is 2.86. The SMILES string of the molecule is CCS(=O)(=O)CC(=O)c1ncc(-c2ccc(OC(F)(F)F)cc2)n1C. The Morgan fingerprint density at radius 3 is 2.36 bits per heavy atom. The van der Waals surface area contributed by atoms with Crippen LogP contribution in [0.2, 0.25) is 0 Å². The van der Waals surface area contributed by atoms with Gasteiger partial charge < -0.3 is 9.30 Å². The molecule has 0 atom stereocenters. The summed E-state index contributed by atoms with van der Waals surface area (Å²) in [6, 6.07) is 5.04. The number of hydrogen-bond acceptors (Lipinski definition) is 5. The molecule has 0 unspecified atom stereocenters. The minimum Gasteiger partial charge on any atom is -0.406 e. The largest absolute Gasteiger partial charge is 0.573 e. The van der Waals surface area contributed by atoms with E-state index in [2.05, 4.69) is 9.72 Å². The average molecular weight is 376 g/mol. The van der Waals surface area contributed by atoms with E-state index in [1.807, 2.05) is 0 Å². The van der Waals surface area contributed by atoms with Crippen LogP contribution in [0.4, 0.5) is 13.2 Å². The molecule has 0 bridgehead atoms. The summed E-state index contributed by atoms with van der Waals surface area (Å²) in [7, 11) is -1.97. The molecule has 136 valence electrons. The van der Waals surface area contributed by atoms with E-state index in [0.29, 0.717) is 11.3 Å². The van der Waals surface area contributed by atoms with E-state index in [1.54, 1.807) is 0 Å². The van der Waals surface area contributed by atoms with Crippen molar-refractivity contribution >= 4 is 15.6 Å². The van der Waals surface area contributed by atoms with E-state index in [-0.39, 0.29) is 17.3 Å². The van der Waals surface area contributed by atoms with Gasteiger partial charge in [0.05, 0.1) is 11.9 Å². The number of Topliss-reactive ketones (excluding diaryl/α,β-unsaturated/α-hetero) is 1. The number of carbonyl (C=O) groups excluding carboxylic acids is 1. The first kappa shape index (κ1) is 19.0. The number of nitrogens with zero attached hydrogens (tertiary/aromatic N) is 2. The number of carbonyl (C=O) groups is 1. The predicted octanol–water partition coefficient (Wildman–Crippen LogP) is 2.60. The molecule has 2 rings (SSSR count). The van der Waals surface area contributed by atoms with Gasteiger partial charge in [0.2, 0.25) is 5.78 Å². The maximum absolute atomic E-state index is 12.2. The van der Waals surface area contributed by atoms with Crippen molar-refractivity contribution in [3.05, 3.63) is 36.3 Å². The second-order valence-electron chi connectivity index (χ2n) is 5.20. The molecule has 1 aromatic carbocycles. The van der Waals surface area contributed by atoms with Gasteiger partial charge in [0.15, 0.2) is 15.7 Å². The summed E-state index contributed by atoms with van der Waals surface area (Å²) in [5.74, 6) is -1.86. The van der Waals surface area contributed by atoms with Gasteiger partial charge >= 0.3 is 6.36 Å². The topological polar surface area (TPSA) is 78.3 Å². The lowest BCUT2D eigenvalue weighted by Gasteiger charge is -2.10. The average Bonchev–Trinajstić information content (AvgIpc) is 2.88. The molecule has 10 heteroatoms. The van der Waals surface area contributed by atoms with Crippen molar-refractivity contribution in [2.45, 2.75) is 13.3 Å². The maximum atomic E-state index is 12.2. The summed E-state index contributed by atoms with van der Waals surface area (Å²) in [5, 5.41) is 0. The Balaban J connectivity index is 2.25. The van der Waals surface area contributed by atoms with Gasteiger partial charge in [0, 0.05) is 18.4 Å². The Kier molecular flexibility index (Phi) is 5.21. The lowest BCUT2D eigenvalue weighted by molar-refractivity contribution is -0.274. The molecule has 0 aliphatic heterocycles. The number of ether oxygens (including phenoxy) is 1. The summed E-state index contributed by atoms with van der Waals surface area (Å²) in [6.45, 7) is 1.44. The van der Waals surface area contributed by atoms with Crippen LogP contribution in [0.1, 0.15) is 17.5 Å². The smallest absolute Gasteiger partial charge is 0.406 e. The van der Waals surface area contributed by atoms with Crippen LogP contribution in [-0.2, 0) is 16.9 Å². The quantitative estimate of drug-likeness (QED) is 0.724. The first-order chi connectivity index (χ1) is 11.5. The highest BCUT2D eigenvalue weighted by atomic mass is 32.2. The van der Waals surface area contributed by atoms with Crippen LogP contribution in [0, 0.1) is 0 Å². The van der Waals surface area contributed by atoms with E-state index < -0.39 is 27.7 Å². The Hall–Kier alpha value is -2.36. The molecular formula is C15H15F3N2O4S. The summed E-state index contributed by atoms with van der Waals surface area (Å²) >= 11 is 0. The van der Waals surface area contributed by atoms with E-state index >= 15 is 0 Å². The second kappa shape index (κ2) is 6.87. The van der Waals surface area contributed by atoms with Crippen LogP contribution >= 0.6 is 0 Å². The van der Waals surface area contributed by atoms with Crippen LogP contribution in [0.5, 0.6) is 5.75 Å². The molecule has 1 heterocycles. The van der Waals surface area contributed by atoms with Gasteiger partial charge in [-0.1, -0.05) is 6.92 Å². The van der Waals surface area contributed by atoms with E-state index in [0.717, 1.165) is 12.1 Å². The third-order valence-corrected chi connectivity index (χ3v) is 4.99. The van der Waals surface area contributed by atoms with E-state index in [9.17, 15) is 26.4 Å². The molecule has 0 N–H and O–H groups in total. The Morgan fingerprint density at radius 2 is 1.84 bits per heavy atom. The van der Waals surface area contributed by atoms with Gasteiger partial charge in [-0.25, -0.2) is 13.4 Å².